The Kier molecular flexibility index (Phi) is 4.61. The Hall–Kier alpha value is -0.810. The first kappa shape index (κ1) is 9.19. The van der Waals surface area contributed by atoms with Gasteiger partial charge in [-0.25, -0.2) is 9.86 Å². The van der Waals surface area contributed by atoms with Crippen molar-refractivity contribution in [1.29, 1.82) is 0 Å². The molecular formula is C5H13N3O2. The largest absolute Gasteiger partial charge is 0.340 e. The van der Waals surface area contributed by atoms with Crippen molar-refractivity contribution in [3.8, 4) is 0 Å². The quantitative estimate of drug-likeness (QED) is 0.367. The third-order valence-electron chi connectivity index (χ3n) is 1.02. The number of nitrogens with two attached hydrogens (primary N) is 1. The Bertz CT molecular complexity index is 107. The monoisotopic (exact) mass is 147 g/mol. The number of rotatable bonds is 3. The number of carbonyl (C=O) groups excluding carboxylic acids is 1. The van der Waals surface area contributed by atoms with Crippen LogP contribution < -0.4 is 11.1 Å². The number of nitrogens with zero attached hydrogens (tertiary/aromatic N) is 1. The van der Waals surface area contributed by atoms with Gasteiger partial charge in [0.15, 0.2) is 0 Å². The molecule has 60 valence electrons. The van der Waals surface area contributed by atoms with Crippen molar-refractivity contribution in [1.82, 2.24) is 10.4 Å². The van der Waals surface area contributed by atoms with Gasteiger partial charge in [0.2, 0.25) is 0 Å². The smallest absolute Gasteiger partial charge is 0.339 e. The van der Waals surface area contributed by atoms with Crippen molar-refractivity contribution >= 4 is 6.03 Å². The van der Waals surface area contributed by atoms with E-state index in [0.717, 1.165) is 0 Å². The standard InChI is InChI=1S/C5H13N3O2/c1-7-5(9)8(10)4-2-3-6/h10H,2-4,6H2,1H3,(H,7,9). The van der Waals surface area contributed by atoms with Gasteiger partial charge >= 0.3 is 6.03 Å². The molecule has 0 aromatic carbocycles. The predicted octanol–water partition coefficient (Wildman–Crippen LogP) is -0.634. The van der Waals surface area contributed by atoms with Crippen LogP contribution in [0, 0.1) is 0 Å². The molecule has 0 radical (unpaired) electrons. The molecule has 0 atom stereocenters. The second-order valence-electron chi connectivity index (χ2n) is 1.82. The Labute approximate surface area is 59.8 Å². The summed E-state index contributed by atoms with van der Waals surface area (Å²) >= 11 is 0. The van der Waals surface area contributed by atoms with Crippen LogP contribution in [0.5, 0.6) is 0 Å². The number of hydrogen-bond acceptors (Lipinski definition) is 3. The van der Waals surface area contributed by atoms with Crippen molar-refractivity contribution in [3.05, 3.63) is 0 Å². The minimum atomic E-state index is -0.506. The second-order valence-corrected chi connectivity index (χ2v) is 1.82. The Morgan fingerprint density at radius 2 is 2.40 bits per heavy atom. The highest BCUT2D eigenvalue weighted by atomic mass is 16.5. The van der Waals surface area contributed by atoms with Gasteiger partial charge in [0.1, 0.15) is 0 Å². The molecule has 4 N–H and O–H groups in total. The van der Waals surface area contributed by atoms with E-state index in [2.05, 4.69) is 5.32 Å². The SMILES string of the molecule is CNC(=O)N(O)CCCN. The molecule has 5 heteroatoms. The molecule has 0 aromatic rings. The zero-order valence-electron chi connectivity index (χ0n) is 6.00. The van der Waals surface area contributed by atoms with Gasteiger partial charge in [-0.3, -0.25) is 5.21 Å². The van der Waals surface area contributed by atoms with E-state index in [9.17, 15) is 4.79 Å². The van der Waals surface area contributed by atoms with E-state index in [1.54, 1.807) is 0 Å². The molecule has 0 unspecified atom stereocenters. The highest BCUT2D eigenvalue weighted by Gasteiger charge is 2.05. The van der Waals surface area contributed by atoms with Crippen LogP contribution in [0.15, 0.2) is 0 Å². The van der Waals surface area contributed by atoms with E-state index >= 15 is 0 Å². The molecule has 2 amide bonds. The first-order valence-electron chi connectivity index (χ1n) is 3.10. The summed E-state index contributed by atoms with van der Waals surface area (Å²) in [5, 5.41) is 11.7. The number of amides is 2. The number of hydrogen-bond donors (Lipinski definition) is 3. The third-order valence-corrected chi connectivity index (χ3v) is 1.02. The van der Waals surface area contributed by atoms with Crippen LogP contribution in [0.25, 0.3) is 0 Å². The lowest BCUT2D eigenvalue weighted by molar-refractivity contribution is -0.0425. The molecule has 0 bridgehead atoms. The van der Waals surface area contributed by atoms with Gasteiger partial charge < -0.3 is 11.1 Å². The maximum Gasteiger partial charge on any atom is 0.340 e. The topological polar surface area (TPSA) is 78.6 Å². The van der Waals surface area contributed by atoms with Crippen molar-refractivity contribution in [3.63, 3.8) is 0 Å². The van der Waals surface area contributed by atoms with E-state index in [4.69, 9.17) is 10.9 Å². The predicted molar refractivity (Wildman–Crippen MR) is 36.6 cm³/mol. The number of urea groups is 1. The van der Waals surface area contributed by atoms with Gasteiger partial charge in [0.25, 0.3) is 0 Å². The van der Waals surface area contributed by atoms with Crippen molar-refractivity contribution < 1.29 is 10.0 Å². The minimum Gasteiger partial charge on any atom is -0.339 e. The lowest BCUT2D eigenvalue weighted by Crippen LogP contribution is -2.36. The molecule has 0 saturated carbocycles. The molecule has 0 aliphatic carbocycles. The fraction of sp³-hybridized carbons (Fsp3) is 0.800. The van der Waals surface area contributed by atoms with Crippen LogP contribution in [-0.2, 0) is 0 Å². The Balaban J connectivity index is 3.41. The van der Waals surface area contributed by atoms with Crippen LogP contribution >= 0.6 is 0 Å². The van der Waals surface area contributed by atoms with Crippen molar-refractivity contribution in [2.45, 2.75) is 6.42 Å². The average molecular weight is 147 g/mol. The zero-order chi connectivity index (χ0) is 7.98. The summed E-state index contributed by atoms with van der Waals surface area (Å²) in [6, 6.07) is -0.506. The minimum absolute atomic E-state index is 0.274. The number of hydroxylamine groups is 2. The first-order valence-corrected chi connectivity index (χ1v) is 3.10. The molecule has 0 aromatic heterocycles. The molecule has 5 nitrogen and oxygen atoms in total. The molecule has 0 rings (SSSR count). The van der Waals surface area contributed by atoms with Crippen LogP contribution in [0.3, 0.4) is 0 Å². The fourth-order valence-corrected chi connectivity index (χ4v) is 0.472. The van der Waals surface area contributed by atoms with Gasteiger partial charge in [-0.15, -0.1) is 0 Å². The third kappa shape index (κ3) is 3.26. The van der Waals surface area contributed by atoms with Crippen LogP contribution in [-0.4, -0.2) is 36.4 Å². The van der Waals surface area contributed by atoms with E-state index in [0.29, 0.717) is 18.0 Å². The van der Waals surface area contributed by atoms with Gasteiger partial charge in [0.05, 0.1) is 6.54 Å². The van der Waals surface area contributed by atoms with E-state index < -0.39 is 6.03 Å². The molecular weight excluding hydrogens is 134 g/mol. The normalized spacial score (nSPS) is 9.10. The van der Waals surface area contributed by atoms with E-state index in [-0.39, 0.29) is 6.54 Å². The van der Waals surface area contributed by atoms with Gasteiger partial charge in [-0.1, -0.05) is 0 Å². The van der Waals surface area contributed by atoms with Gasteiger partial charge in [-0.05, 0) is 13.0 Å². The summed E-state index contributed by atoms with van der Waals surface area (Å²) in [5.74, 6) is 0. The summed E-state index contributed by atoms with van der Waals surface area (Å²) in [4.78, 5) is 10.5. The zero-order valence-corrected chi connectivity index (χ0v) is 6.00. The molecule has 0 aliphatic heterocycles. The molecule has 0 heterocycles. The van der Waals surface area contributed by atoms with E-state index in [1.807, 2.05) is 0 Å². The average Bonchev–Trinajstić information content (AvgIpc) is 1.98. The first-order chi connectivity index (χ1) is 4.72. The summed E-state index contributed by atoms with van der Waals surface area (Å²) in [5.41, 5.74) is 5.15. The maximum absolute atomic E-state index is 10.5. The number of carbonyl (C=O) groups is 1. The maximum atomic E-state index is 10.5. The lowest BCUT2D eigenvalue weighted by Gasteiger charge is -2.12. The Morgan fingerprint density at radius 1 is 1.80 bits per heavy atom. The van der Waals surface area contributed by atoms with Gasteiger partial charge in [0, 0.05) is 7.05 Å². The van der Waals surface area contributed by atoms with Gasteiger partial charge in [-0.2, -0.15) is 0 Å². The molecule has 0 spiro atoms. The molecule has 10 heavy (non-hydrogen) atoms. The molecule has 0 fully saturated rings. The molecule has 0 saturated heterocycles. The van der Waals surface area contributed by atoms with E-state index in [1.165, 1.54) is 7.05 Å². The van der Waals surface area contributed by atoms with Crippen LogP contribution in [0.2, 0.25) is 0 Å². The summed E-state index contributed by atoms with van der Waals surface area (Å²) < 4.78 is 0. The highest BCUT2D eigenvalue weighted by Crippen LogP contribution is 1.84. The van der Waals surface area contributed by atoms with Crippen LogP contribution in [0.4, 0.5) is 4.79 Å². The van der Waals surface area contributed by atoms with Crippen molar-refractivity contribution in [2.75, 3.05) is 20.1 Å². The molecule has 0 aliphatic rings. The summed E-state index contributed by atoms with van der Waals surface area (Å²) in [6.07, 6.45) is 0.601. The van der Waals surface area contributed by atoms with Crippen LogP contribution in [0.1, 0.15) is 6.42 Å². The number of nitrogens with one attached hydrogen (secondary N) is 1. The summed E-state index contributed by atoms with van der Waals surface area (Å²) in [6.45, 7) is 0.740. The summed E-state index contributed by atoms with van der Waals surface area (Å²) in [7, 11) is 1.45. The highest BCUT2D eigenvalue weighted by molar-refractivity contribution is 5.72. The lowest BCUT2D eigenvalue weighted by atomic mass is 10.4. The fourth-order valence-electron chi connectivity index (χ4n) is 0.472. The second kappa shape index (κ2) is 5.01. The van der Waals surface area contributed by atoms with Crippen molar-refractivity contribution in [2.24, 2.45) is 5.73 Å². The Morgan fingerprint density at radius 3 is 2.80 bits per heavy atom.